The molecule has 2 aliphatic heterocycles. The molecule has 0 saturated carbocycles. The maximum Gasteiger partial charge on any atom is 0.263 e. The van der Waals surface area contributed by atoms with Crippen LogP contribution in [0, 0.1) is 6.92 Å². The molecule has 0 unspecified atom stereocenters. The molecule has 0 aliphatic carbocycles. The molecule has 5 rings (SSSR count). The summed E-state index contributed by atoms with van der Waals surface area (Å²) in [6, 6.07) is 10.1. The van der Waals surface area contributed by atoms with Gasteiger partial charge in [-0.2, -0.15) is 0 Å². The molecule has 0 spiro atoms. The largest absolute Gasteiger partial charge is 0.491 e. The number of anilines is 2. The fraction of sp³-hybridized carbons (Fsp3) is 0.417. The van der Waals surface area contributed by atoms with Crippen LogP contribution in [-0.2, 0) is 11.2 Å². The summed E-state index contributed by atoms with van der Waals surface area (Å²) in [7, 11) is 1.71. The Morgan fingerprint density at radius 2 is 2.15 bits per heavy atom. The second kappa shape index (κ2) is 8.48. The average molecular weight is 468 g/mol. The molecule has 3 aromatic rings. The zero-order valence-electron chi connectivity index (χ0n) is 19.0. The minimum atomic E-state index is -0.188. The van der Waals surface area contributed by atoms with Gasteiger partial charge in [0, 0.05) is 36.5 Å². The van der Waals surface area contributed by atoms with Crippen molar-refractivity contribution in [2.45, 2.75) is 44.5 Å². The van der Waals surface area contributed by atoms with Crippen molar-refractivity contribution in [3.63, 3.8) is 0 Å². The lowest BCUT2D eigenvalue weighted by atomic mass is 10.0. The number of benzene rings is 1. The molecular weight excluding hydrogens is 438 g/mol. The number of aromatic nitrogens is 1. The van der Waals surface area contributed by atoms with E-state index in [1.807, 2.05) is 19.1 Å². The lowest BCUT2D eigenvalue weighted by Gasteiger charge is -2.29. The number of fused-ring (bicyclic) bond motifs is 2. The first-order chi connectivity index (χ1) is 15.9. The van der Waals surface area contributed by atoms with Crippen LogP contribution < -0.4 is 26.4 Å². The Kier molecular flexibility index (Phi) is 5.64. The number of pyridine rings is 1. The number of methoxy groups -OCH3 is 1. The van der Waals surface area contributed by atoms with E-state index in [9.17, 15) is 4.79 Å². The Morgan fingerprint density at radius 3 is 2.91 bits per heavy atom. The number of nitrogen functional groups attached to an aromatic ring is 1. The van der Waals surface area contributed by atoms with Gasteiger partial charge in [-0.1, -0.05) is 6.07 Å². The Hall–Kier alpha value is -2.88. The van der Waals surface area contributed by atoms with Crippen LogP contribution in [0.4, 0.5) is 11.4 Å². The third-order valence-corrected chi connectivity index (χ3v) is 7.75. The van der Waals surface area contributed by atoms with Crippen LogP contribution in [0.5, 0.6) is 5.75 Å². The third-order valence-electron chi connectivity index (χ3n) is 6.63. The normalized spacial score (nSPS) is 24.5. The number of hydrogen-bond donors (Lipinski definition) is 3. The number of nitrogens with two attached hydrogens (primary N) is 2. The first-order valence-electron chi connectivity index (χ1n) is 11.1. The van der Waals surface area contributed by atoms with Gasteiger partial charge >= 0.3 is 0 Å². The van der Waals surface area contributed by atoms with E-state index in [0.717, 1.165) is 39.5 Å². The summed E-state index contributed by atoms with van der Waals surface area (Å²) in [6.45, 7) is 5.19. The van der Waals surface area contributed by atoms with Gasteiger partial charge in [0.2, 0.25) is 0 Å². The van der Waals surface area contributed by atoms with E-state index in [2.05, 4.69) is 40.3 Å². The van der Waals surface area contributed by atoms with Crippen molar-refractivity contribution in [1.82, 2.24) is 10.3 Å². The molecule has 4 atom stereocenters. The van der Waals surface area contributed by atoms with Crippen molar-refractivity contribution >= 4 is 38.8 Å². The molecule has 1 saturated heterocycles. The fourth-order valence-electron chi connectivity index (χ4n) is 4.89. The predicted molar refractivity (Wildman–Crippen MR) is 131 cm³/mol. The van der Waals surface area contributed by atoms with E-state index in [0.29, 0.717) is 23.6 Å². The van der Waals surface area contributed by atoms with Gasteiger partial charge in [-0.3, -0.25) is 4.79 Å². The highest BCUT2D eigenvalue weighted by Crippen LogP contribution is 2.35. The highest BCUT2D eigenvalue weighted by atomic mass is 32.1. The van der Waals surface area contributed by atoms with Gasteiger partial charge in [0.15, 0.2) is 0 Å². The molecule has 1 fully saturated rings. The number of nitrogens with one attached hydrogen (secondary N) is 1. The smallest absolute Gasteiger partial charge is 0.263 e. The van der Waals surface area contributed by atoms with Gasteiger partial charge in [-0.15, -0.1) is 11.3 Å². The first kappa shape index (κ1) is 21.9. The van der Waals surface area contributed by atoms with Gasteiger partial charge < -0.3 is 31.2 Å². The second-order valence-corrected chi connectivity index (χ2v) is 9.88. The lowest BCUT2D eigenvalue weighted by molar-refractivity contribution is 0.0877. The number of carbonyl (C=O) groups excluding carboxylic acids is 1. The minimum absolute atomic E-state index is 0.00185. The SMILES string of the molecule is CO[C@H]1[C@@H](C)N(c2ccc3c(c2)OC[C@H](NC(=O)c2sc4nc(C)ccc4c2N)C3)C[C@@H]1N. The number of rotatable bonds is 4. The molecule has 174 valence electrons. The summed E-state index contributed by atoms with van der Waals surface area (Å²) in [4.78, 5) is 21.0. The molecule has 8 nitrogen and oxygen atoms in total. The highest BCUT2D eigenvalue weighted by Gasteiger charge is 2.37. The van der Waals surface area contributed by atoms with Gasteiger partial charge in [-0.05, 0) is 44.0 Å². The maximum atomic E-state index is 13.0. The molecule has 1 amide bonds. The zero-order chi connectivity index (χ0) is 23.3. The van der Waals surface area contributed by atoms with Crippen molar-refractivity contribution in [3.05, 3.63) is 46.5 Å². The molecule has 2 aromatic heterocycles. The van der Waals surface area contributed by atoms with E-state index in [4.69, 9.17) is 20.9 Å². The summed E-state index contributed by atoms with van der Waals surface area (Å²) in [5, 5.41) is 3.90. The van der Waals surface area contributed by atoms with Crippen LogP contribution in [0.1, 0.15) is 27.9 Å². The molecule has 2 aliphatic rings. The lowest BCUT2D eigenvalue weighted by Crippen LogP contribution is -2.42. The number of ether oxygens (including phenoxy) is 2. The van der Waals surface area contributed by atoms with Crippen LogP contribution in [-0.4, -0.2) is 55.4 Å². The molecule has 4 heterocycles. The molecule has 9 heteroatoms. The number of aryl methyl sites for hydroxylation is 1. The summed E-state index contributed by atoms with van der Waals surface area (Å²) in [6.07, 6.45) is 0.696. The maximum absolute atomic E-state index is 13.0. The van der Waals surface area contributed by atoms with E-state index in [1.165, 1.54) is 11.3 Å². The second-order valence-electron chi connectivity index (χ2n) is 8.88. The van der Waals surface area contributed by atoms with E-state index >= 15 is 0 Å². The fourth-order valence-corrected chi connectivity index (χ4v) is 5.93. The standard InChI is InChI=1S/C24H29N5O3S/c1-12-4-7-17-20(26)22(33-24(17)27-12)23(30)28-15-8-14-5-6-16(9-19(14)32-11-15)29-10-18(25)21(31-3)13(29)2/h4-7,9,13,15,18,21H,8,10-11,25-26H2,1-3H3,(H,28,30)/t13-,15-,18+,21+/m1/s1. The van der Waals surface area contributed by atoms with Crippen molar-refractivity contribution in [3.8, 4) is 5.75 Å². The zero-order valence-corrected chi connectivity index (χ0v) is 19.8. The molecule has 33 heavy (non-hydrogen) atoms. The summed E-state index contributed by atoms with van der Waals surface area (Å²) in [5.74, 6) is 0.660. The first-order valence-corrected chi connectivity index (χ1v) is 11.9. The van der Waals surface area contributed by atoms with Crippen molar-refractivity contribution in [2.75, 3.05) is 30.9 Å². The monoisotopic (exact) mass is 467 g/mol. The van der Waals surface area contributed by atoms with Gasteiger partial charge in [0.1, 0.15) is 22.1 Å². The van der Waals surface area contributed by atoms with E-state index in [1.54, 1.807) is 7.11 Å². The molecule has 0 radical (unpaired) electrons. The molecular formula is C24H29N5O3S. The molecule has 0 bridgehead atoms. The van der Waals surface area contributed by atoms with Gasteiger partial charge in [0.05, 0.1) is 29.9 Å². The van der Waals surface area contributed by atoms with E-state index < -0.39 is 0 Å². The van der Waals surface area contributed by atoms with Crippen LogP contribution in [0.3, 0.4) is 0 Å². The Morgan fingerprint density at radius 1 is 1.33 bits per heavy atom. The van der Waals surface area contributed by atoms with Gasteiger partial charge in [0.25, 0.3) is 5.91 Å². The minimum Gasteiger partial charge on any atom is -0.491 e. The van der Waals surface area contributed by atoms with Crippen molar-refractivity contribution < 1.29 is 14.3 Å². The van der Waals surface area contributed by atoms with Crippen LogP contribution in [0.25, 0.3) is 10.2 Å². The summed E-state index contributed by atoms with van der Waals surface area (Å²) < 4.78 is 11.6. The summed E-state index contributed by atoms with van der Waals surface area (Å²) in [5.41, 5.74) is 16.0. The van der Waals surface area contributed by atoms with Crippen molar-refractivity contribution in [2.24, 2.45) is 5.73 Å². The molecule has 1 aromatic carbocycles. The quantitative estimate of drug-likeness (QED) is 0.540. The summed E-state index contributed by atoms with van der Waals surface area (Å²) >= 11 is 1.32. The topological polar surface area (TPSA) is 116 Å². The molecule has 5 N–H and O–H groups in total. The van der Waals surface area contributed by atoms with E-state index in [-0.39, 0.29) is 30.1 Å². The Bertz CT molecular complexity index is 1210. The number of carbonyl (C=O) groups is 1. The third kappa shape index (κ3) is 3.90. The number of hydrogen-bond acceptors (Lipinski definition) is 8. The van der Waals surface area contributed by atoms with Crippen molar-refractivity contribution in [1.29, 1.82) is 0 Å². The van der Waals surface area contributed by atoms with Gasteiger partial charge in [-0.25, -0.2) is 4.98 Å². The average Bonchev–Trinajstić information content (AvgIpc) is 3.28. The van der Waals surface area contributed by atoms with Crippen LogP contribution in [0.15, 0.2) is 30.3 Å². The van der Waals surface area contributed by atoms with Crippen LogP contribution >= 0.6 is 11.3 Å². The Balaban J connectivity index is 1.29. The number of amides is 1. The number of nitrogens with zero attached hydrogens (tertiary/aromatic N) is 2. The highest BCUT2D eigenvalue weighted by molar-refractivity contribution is 7.21. The Labute approximate surface area is 196 Å². The number of thiophene rings is 1. The predicted octanol–water partition coefficient (Wildman–Crippen LogP) is 2.47. The van der Waals surface area contributed by atoms with Crippen LogP contribution in [0.2, 0.25) is 0 Å².